The van der Waals surface area contributed by atoms with Crippen LogP contribution in [-0.2, 0) is 29.5 Å². The van der Waals surface area contributed by atoms with E-state index < -0.39 is 23.0 Å². The first kappa shape index (κ1) is 22.6. The van der Waals surface area contributed by atoms with Gasteiger partial charge in [-0.1, -0.05) is 30.3 Å². The summed E-state index contributed by atoms with van der Waals surface area (Å²) in [5.74, 6) is -2.09. The third-order valence-electron chi connectivity index (χ3n) is 5.97. The Hall–Kier alpha value is -3.61. The second-order valence-electron chi connectivity index (χ2n) is 8.56. The van der Waals surface area contributed by atoms with Gasteiger partial charge in [-0.2, -0.15) is 0 Å². The lowest BCUT2D eigenvalue weighted by molar-refractivity contribution is -0.128. The van der Waals surface area contributed by atoms with E-state index in [1.165, 1.54) is 6.07 Å². The van der Waals surface area contributed by atoms with Crippen molar-refractivity contribution < 1.29 is 23.2 Å². The molecule has 0 spiro atoms. The zero-order chi connectivity index (χ0) is 23.9. The minimum absolute atomic E-state index is 0.202. The molecule has 0 radical (unpaired) electrons. The number of aryl methyl sites for hydroxylation is 1. The molecule has 0 atom stereocenters. The fraction of sp³-hybridized carbons (Fsp3) is 0.269. The summed E-state index contributed by atoms with van der Waals surface area (Å²) in [6.45, 7) is 5.35. The molecule has 0 bridgehead atoms. The molecule has 7 heteroatoms. The van der Waals surface area contributed by atoms with E-state index in [4.69, 9.17) is 4.84 Å². The highest BCUT2D eigenvalue weighted by molar-refractivity contribution is 6.49. The van der Waals surface area contributed by atoms with Gasteiger partial charge in [-0.15, -0.1) is 0 Å². The summed E-state index contributed by atoms with van der Waals surface area (Å²) in [4.78, 5) is 30.8. The Morgan fingerprint density at radius 3 is 2.39 bits per heavy atom. The molecule has 33 heavy (non-hydrogen) atoms. The number of hydrogen-bond donors (Lipinski definition) is 0. The van der Waals surface area contributed by atoms with E-state index in [2.05, 4.69) is 5.16 Å². The van der Waals surface area contributed by atoms with E-state index in [-0.39, 0.29) is 23.5 Å². The van der Waals surface area contributed by atoms with Crippen molar-refractivity contribution in [3.63, 3.8) is 0 Å². The van der Waals surface area contributed by atoms with Gasteiger partial charge in [-0.25, -0.2) is 8.78 Å². The number of nitrogens with zero attached hydrogens (tertiary/aromatic N) is 2. The Labute approximate surface area is 190 Å². The molecular formula is C26H24F2N2O3. The van der Waals surface area contributed by atoms with Gasteiger partial charge in [0.1, 0.15) is 11.6 Å². The number of oxime groups is 1. The Kier molecular flexibility index (Phi) is 5.74. The highest BCUT2D eigenvalue weighted by Gasteiger charge is 2.40. The molecule has 0 N–H and O–H groups in total. The van der Waals surface area contributed by atoms with Crippen molar-refractivity contribution in [2.75, 3.05) is 0 Å². The summed E-state index contributed by atoms with van der Waals surface area (Å²) < 4.78 is 29.8. The third-order valence-corrected chi connectivity index (χ3v) is 5.97. The first-order chi connectivity index (χ1) is 15.6. The summed E-state index contributed by atoms with van der Waals surface area (Å²) in [5.41, 5.74) is 2.56. The zero-order valence-electron chi connectivity index (χ0n) is 18.9. The van der Waals surface area contributed by atoms with Crippen LogP contribution in [0.3, 0.4) is 0 Å². The van der Waals surface area contributed by atoms with Crippen LogP contribution in [0.2, 0.25) is 0 Å². The molecule has 1 aliphatic rings. The van der Waals surface area contributed by atoms with Gasteiger partial charge in [-0.3, -0.25) is 9.59 Å². The molecule has 4 rings (SSSR count). The number of hydrogen-bond acceptors (Lipinski definition) is 4. The largest absolute Gasteiger partial charge is 0.381 e. The molecule has 2 aromatic carbocycles. The molecule has 5 nitrogen and oxygen atoms in total. The molecule has 0 saturated carbocycles. The number of Topliss-reactive ketones (excluding diaryl/α,β-unsaturated/α-hetero) is 2. The average Bonchev–Trinajstić information content (AvgIpc) is 3.29. The predicted molar refractivity (Wildman–Crippen MR) is 121 cm³/mol. The van der Waals surface area contributed by atoms with Gasteiger partial charge in [0.2, 0.25) is 5.78 Å². The van der Waals surface area contributed by atoms with Crippen molar-refractivity contribution in [1.29, 1.82) is 0 Å². The van der Waals surface area contributed by atoms with E-state index >= 15 is 0 Å². The van der Waals surface area contributed by atoms with Crippen molar-refractivity contribution in [2.24, 2.45) is 12.2 Å². The van der Waals surface area contributed by atoms with Crippen LogP contribution >= 0.6 is 0 Å². The van der Waals surface area contributed by atoms with Gasteiger partial charge in [0, 0.05) is 35.9 Å². The van der Waals surface area contributed by atoms with E-state index in [9.17, 15) is 18.4 Å². The van der Waals surface area contributed by atoms with Crippen molar-refractivity contribution in [3.05, 3.63) is 82.5 Å². The molecular weight excluding hydrogens is 426 g/mol. The second-order valence-corrected chi connectivity index (χ2v) is 8.56. The summed E-state index contributed by atoms with van der Waals surface area (Å²) in [5, 5.41) is 3.98. The summed E-state index contributed by atoms with van der Waals surface area (Å²) in [6, 6.07) is 12.6. The lowest BCUT2D eigenvalue weighted by Gasteiger charge is -2.14. The quantitative estimate of drug-likeness (QED) is 0.495. The Morgan fingerprint density at radius 2 is 1.79 bits per heavy atom. The monoisotopic (exact) mass is 450 g/mol. The topological polar surface area (TPSA) is 60.7 Å². The van der Waals surface area contributed by atoms with E-state index in [0.29, 0.717) is 11.3 Å². The van der Waals surface area contributed by atoms with Crippen molar-refractivity contribution >= 4 is 17.3 Å². The molecule has 0 amide bonds. The maximum absolute atomic E-state index is 14.0. The standard InChI is InChI=1S/C26H24F2N2O3/c1-5-15-9-10-16(24-25(32)26(2,3)33-29-24)13-17(15)21-11-12-22(30(21)4)23(31)14-18-19(27)7-6-8-20(18)28/h6-13H,5,14H2,1-4H3. The van der Waals surface area contributed by atoms with Gasteiger partial charge < -0.3 is 9.40 Å². The molecule has 0 saturated heterocycles. The molecule has 170 valence electrons. The minimum atomic E-state index is -1.01. The van der Waals surface area contributed by atoms with Crippen molar-refractivity contribution in [2.45, 2.75) is 39.2 Å². The van der Waals surface area contributed by atoms with Crippen LogP contribution in [0.25, 0.3) is 11.3 Å². The summed E-state index contributed by atoms with van der Waals surface area (Å²) in [7, 11) is 1.73. The Bertz CT molecular complexity index is 1280. The van der Waals surface area contributed by atoms with Crippen LogP contribution in [0.4, 0.5) is 8.78 Å². The lowest BCUT2D eigenvalue weighted by Crippen LogP contribution is -2.33. The fourth-order valence-corrected chi connectivity index (χ4v) is 4.00. The van der Waals surface area contributed by atoms with Crippen LogP contribution in [0.5, 0.6) is 0 Å². The second kappa shape index (κ2) is 8.39. The van der Waals surface area contributed by atoms with Crippen LogP contribution in [-0.4, -0.2) is 27.4 Å². The number of rotatable bonds is 6. The number of halogens is 2. The summed E-state index contributed by atoms with van der Waals surface area (Å²) >= 11 is 0. The van der Waals surface area contributed by atoms with Crippen molar-refractivity contribution in [3.8, 4) is 11.3 Å². The smallest absolute Gasteiger partial charge is 0.230 e. The molecule has 0 aliphatic carbocycles. The molecule has 0 unspecified atom stereocenters. The number of ketones is 2. The molecule has 0 fully saturated rings. The van der Waals surface area contributed by atoms with Crippen LogP contribution < -0.4 is 0 Å². The van der Waals surface area contributed by atoms with Crippen LogP contribution in [0, 0.1) is 11.6 Å². The van der Waals surface area contributed by atoms with E-state index in [0.717, 1.165) is 35.4 Å². The van der Waals surface area contributed by atoms with Crippen LogP contribution in [0.1, 0.15) is 48.0 Å². The van der Waals surface area contributed by atoms with Crippen molar-refractivity contribution in [1.82, 2.24) is 4.57 Å². The lowest BCUT2D eigenvalue weighted by atomic mass is 9.92. The number of benzene rings is 2. The van der Waals surface area contributed by atoms with Gasteiger partial charge in [0.15, 0.2) is 17.1 Å². The summed E-state index contributed by atoms with van der Waals surface area (Å²) in [6.07, 6.45) is 0.348. The normalized spacial score (nSPS) is 14.8. The maximum atomic E-state index is 14.0. The highest BCUT2D eigenvalue weighted by atomic mass is 19.1. The average molecular weight is 450 g/mol. The highest BCUT2D eigenvalue weighted by Crippen LogP contribution is 2.30. The van der Waals surface area contributed by atoms with Gasteiger partial charge in [-0.05, 0) is 56.2 Å². The predicted octanol–water partition coefficient (Wildman–Crippen LogP) is 5.04. The van der Waals surface area contributed by atoms with E-state index in [1.54, 1.807) is 37.6 Å². The fourth-order valence-electron chi connectivity index (χ4n) is 4.00. The Balaban J connectivity index is 1.71. The van der Waals surface area contributed by atoms with Crippen LogP contribution in [0.15, 0.2) is 53.7 Å². The first-order valence-corrected chi connectivity index (χ1v) is 10.7. The first-order valence-electron chi connectivity index (χ1n) is 10.7. The molecule has 3 aromatic rings. The third kappa shape index (κ3) is 3.99. The maximum Gasteiger partial charge on any atom is 0.230 e. The minimum Gasteiger partial charge on any atom is -0.381 e. The SMILES string of the molecule is CCc1ccc(C2=NOC(C)(C)C2=O)cc1-c1ccc(C(=O)Cc2c(F)cccc2F)n1C. The molecule has 1 aromatic heterocycles. The van der Waals surface area contributed by atoms with E-state index in [1.807, 2.05) is 25.1 Å². The molecule has 2 heterocycles. The number of carbonyl (C=O) groups is 2. The van der Waals surface area contributed by atoms with Gasteiger partial charge >= 0.3 is 0 Å². The number of aromatic nitrogens is 1. The Morgan fingerprint density at radius 1 is 1.09 bits per heavy atom. The zero-order valence-corrected chi connectivity index (χ0v) is 18.9. The van der Waals surface area contributed by atoms with Gasteiger partial charge in [0.25, 0.3) is 0 Å². The molecule has 1 aliphatic heterocycles. The van der Waals surface area contributed by atoms with Gasteiger partial charge in [0.05, 0.1) is 5.69 Å². The number of carbonyl (C=O) groups excluding carboxylic acids is 2.